The third-order valence-electron chi connectivity index (χ3n) is 3.00. The molecular formula is C15H23NOS. The van der Waals surface area contributed by atoms with Gasteiger partial charge >= 0.3 is 0 Å². The molecule has 18 heavy (non-hydrogen) atoms. The summed E-state index contributed by atoms with van der Waals surface area (Å²) in [5.74, 6) is 0.00586. The maximum Gasteiger partial charge on any atom is 0.251 e. The van der Waals surface area contributed by atoms with Crippen LogP contribution >= 0.6 is 12.6 Å². The fourth-order valence-electron chi connectivity index (χ4n) is 1.87. The SMILES string of the molecule is CCCCCCC(C)NC(=O)c1ccc(S)cc1. The van der Waals surface area contributed by atoms with Gasteiger partial charge in [0, 0.05) is 16.5 Å². The van der Waals surface area contributed by atoms with Gasteiger partial charge in [-0.1, -0.05) is 32.6 Å². The van der Waals surface area contributed by atoms with Gasteiger partial charge in [0.25, 0.3) is 5.91 Å². The van der Waals surface area contributed by atoms with Crippen molar-refractivity contribution >= 4 is 18.5 Å². The highest BCUT2D eigenvalue weighted by atomic mass is 32.1. The Morgan fingerprint density at radius 3 is 2.50 bits per heavy atom. The molecule has 0 fully saturated rings. The monoisotopic (exact) mass is 265 g/mol. The van der Waals surface area contributed by atoms with Gasteiger partial charge in [0.2, 0.25) is 0 Å². The molecule has 0 aromatic heterocycles. The second-order valence-corrected chi connectivity index (χ2v) is 5.29. The van der Waals surface area contributed by atoms with E-state index in [0.717, 1.165) is 11.3 Å². The van der Waals surface area contributed by atoms with Gasteiger partial charge in [0.1, 0.15) is 0 Å². The van der Waals surface area contributed by atoms with Crippen molar-refractivity contribution in [2.45, 2.75) is 56.9 Å². The van der Waals surface area contributed by atoms with E-state index in [2.05, 4.69) is 31.8 Å². The third-order valence-corrected chi connectivity index (χ3v) is 3.30. The van der Waals surface area contributed by atoms with Crippen molar-refractivity contribution in [3.63, 3.8) is 0 Å². The van der Waals surface area contributed by atoms with Gasteiger partial charge in [0.05, 0.1) is 0 Å². The number of hydrogen-bond donors (Lipinski definition) is 2. The van der Waals surface area contributed by atoms with Crippen molar-refractivity contribution in [1.29, 1.82) is 0 Å². The van der Waals surface area contributed by atoms with Gasteiger partial charge in [-0.25, -0.2) is 0 Å². The highest BCUT2D eigenvalue weighted by molar-refractivity contribution is 7.80. The summed E-state index contributed by atoms with van der Waals surface area (Å²) in [6, 6.07) is 7.53. The van der Waals surface area contributed by atoms with E-state index in [1.165, 1.54) is 25.7 Å². The first kappa shape index (κ1) is 15.1. The summed E-state index contributed by atoms with van der Waals surface area (Å²) in [4.78, 5) is 12.8. The van der Waals surface area contributed by atoms with Gasteiger partial charge in [-0.2, -0.15) is 0 Å². The zero-order chi connectivity index (χ0) is 13.4. The number of rotatable bonds is 7. The second kappa shape index (κ2) is 8.20. The molecule has 3 heteroatoms. The zero-order valence-electron chi connectivity index (χ0n) is 11.3. The van der Waals surface area contributed by atoms with E-state index in [-0.39, 0.29) is 11.9 Å². The van der Waals surface area contributed by atoms with Crippen LogP contribution in [-0.4, -0.2) is 11.9 Å². The van der Waals surface area contributed by atoms with E-state index >= 15 is 0 Å². The molecule has 1 aromatic rings. The largest absolute Gasteiger partial charge is 0.350 e. The molecule has 1 unspecified atom stereocenters. The van der Waals surface area contributed by atoms with E-state index in [1.807, 2.05) is 24.3 Å². The van der Waals surface area contributed by atoms with Crippen molar-refractivity contribution < 1.29 is 4.79 Å². The topological polar surface area (TPSA) is 29.1 Å². The molecular weight excluding hydrogens is 242 g/mol. The summed E-state index contributed by atoms with van der Waals surface area (Å²) in [7, 11) is 0. The Balaban J connectivity index is 2.33. The lowest BCUT2D eigenvalue weighted by Gasteiger charge is -2.13. The summed E-state index contributed by atoms with van der Waals surface area (Å²) in [5, 5.41) is 3.03. The van der Waals surface area contributed by atoms with Crippen LogP contribution in [0.15, 0.2) is 29.2 Å². The van der Waals surface area contributed by atoms with Crippen molar-refractivity contribution in [3.8, 4) is 0 Å². The quantitative estimate of drug-likeness (QED) is 0.565. The minimum absolute atomic E-state index is 0.00586. The number of benzene rings is 1. The molecule has 1 N–H and O–H groups in total. The molecule has 1 atom stereocenters. The highest BCUT2D eigenvalue weighted by Crippen LogP contribution is 2.09. The lowest BCUT2D eigenvalue weighted by atomic mass is 10.1. The van der Waals surface area contributed by atoms with E-state index in [4.69, 9.17) is 0 Å². The highest BCUT2D eigenvalue weighted by Gasteiger charge is 2.08. The molecule has 0 radical (unpaired) electrons. The number of unbranched alkanes of at least 4 members (excludes halogenated alkanes) is 3. The number of carbonyl (C=O) groups is 1. The molecule has 0 aliphatic heterocycles. The zero-order valence-corrected chi connectivity index (χ0v) is 12.2. The predicted molar refractivity (Wildman–Crippen MR) is 79.4 cm³/mol. The van der Waals surface area contributed by atoms with Crippen LogP contribution in [0.4, 0.5) is 0 Å². The molecule has 0 heterocycles. The van der Waals surface area contributed by atoms with Crippen LogP contribution in [-0.2, 0) is 0 Å². The average molecular weight is 265 g/mol. The molecule has 0 saturated heterocycles. The minimum Gasteiger partial charge on any atom is -0.350 e. The maximum atomic E-state index is 11.9. The molecule has 1 amide bonds. The minimum atomic E-state index is 0.00586. The van der Waals surface area contributed by atoms with Crippen LogP contribution in [0.2, 0.25) is 0 Å². The molecule has 0 spiro atoms. The summed E-state index contributed by atoms with van der Waals surface area (Å²) in [6.07, 6.45) is 6.02. The molecule has 1 aromatic carbocycles. The number of carbonyl (C=O) groups excluding carboxylic acids is 1. The Kier molecular flexibility index (Phi) is 6.88. The van der Waals surface area contributed by atoms with Crippen molar-refractivity contribution in [1.82, 2.24) is 5.32 Å². The summed E-state index contributed by atoms with van der Waals surface area (Å²) in [5.41, 5.74) is 0.702. The molecule has 0 saturated carbocycles. The third kappa shape index (κ3) is 5.58. The number of amides is 1. The number of thiol groups is 1. The summed E-state index contributed by atoms with van der Waals surface area (Å²) >= 11 is 4.20. The fraction of sp³-hybridized carbons (Fsp3) is 0.533. The number of hydrogen-bond acceptors (Lipinski definition) is 2. The summed E-state index contributed by atoms with van der Waals surface area (Å²) < 4.78 is 0. The van der Waals surface area contributed by atoms with E-state index in [0.29, 0.717) is 5.56 Å². The Bertz CT molecular complexity index is 361. The molecule has 0 aliphatic rings. The molecule has 1 rings (SSSR count). The normalized spacial score (nSPS) is 12.2. The smallest absolute Gasteiger partial charge is 0.251 e. The lowest BCUT2D eigenvalue weighted by Crippen LogP contribution is -2.32. The van der Waals surface area contributed by atoms with Crippen LogP contribution in [0.25, 0.3) is 0 Å². The van der Waals surface area contributed by atoms with Crippen LogP contribution in [0, 0.1) is 0 Å². The van der Waals surface area contributed by atoms with Crippen LogP contribution < -0.4 is 5.32 Å². The van der Waals surface area contributed by atoms with Gasteiger partial charge in [0.15, 0.2) is 0 Å². The van der Waals surface area contributed by atoms with Crippen molar-refractivity contribution in [3.05, 3.63) is 29.8 Å². The van der Waals surface area contributed by atoms with Crippen LogP contribution in [0.3, 0.4) is 0 Å². The summed E-state index contributed by atoms with van der Waals surface area (Å²) in [6.45, 7) is 4.27. The van der Waals surface area contributed by atoms with Gasteiger partial charge < -0.3 is 5.32 Å². The van der Waals surface area contributed by atoms with E-state index in [1.54, 1.807) is 0 Å². The fourth-order valence-corrected chi connectivity index (χ4v) is 2.02. The van der Waals surface area contributed by atoms with Crippen molar-refractivity contribution in [2.24, 2.45) is 0 Å². The first-order chi connectivity index (χ1) is 8.63. The molecule has 100 valence electrons. The Morgan fingerprint density at radius 1 is 1.22 bits per heavy atom. The lowest BCUT2D eigenvalue weighted by molar-refractivity contribution is 0.0938. The van der Waals surface area contributed by atoms with Gasteiger partial charge in [-0.15, -0.1) is 12.6 Å². The maximum absolute atomic E-state index is 11.9. The van der Waals surface area contributed by atoms with Crippen molar-refractivity contribution in [2.75, 3.05) is 0 Å². The van der Waals surface area contributed by atoms with Gasteiger partial charge in [-0.05, 0) is 37.6 Å². The second-order valence-electron chi connectivity index (χ2n) is 4.77. The molecule has 0 aliphatic carbocycles. The standard InChI is InChI=1S/C15H23NOS/c1-3-4-5-6-7-12(2)16-15(17)13-8-10-14(18)11-9-13/h8-12,18H,3-7H2,1-2H3,(H,16,17). The number of nitrogens with one attached hydrogen (secondary N) is 1. The first-order valence-electron chi connectivity index (χ1n) is 6.73. The van der Waals surface area contributed by atoms with Crippen LogP contribution in [0.1, 0.15) is 56.3 Å². The Hall–Kier alpha value is -0.960. The Morgan fingerprint density at radius 2 is 1.89 bits per heavy atom. The Labute approximate surface area is 116 Å². The van der Waals surface area contributed by atoms with Gasteiger partial charge in [-0.3, -0.25) is 4.79 Å². The molecule has 2 nitrogen and oxygen atoms in total. The first-order valence-corrected chi connectivity index (χ1v) is 7.18. The average Bonchev–Trinajstić information content (AvgIpc) is 2.35. The molecule has 0 bridgehead atoms. The predicted octanol–water partition coefficient (Wildman–Crippen LogP) is 4.06. The van der Waals surface area contributed by atoms with E-state index < -0.39 is 0 Å². The van der Waals surface area contributed by atoms with Crippen LogP contribution in [0.5, 0.6) is 0 Å². The van der Waals surface area contributed by atoms with E-state index in [9.17, 15) is 4.79 Å².